The number of ketones is 1. The fourth-order valence-corrected chi connectivity index (χ4v) is 1.54. The summed E-state index contributed by atoms with van der Waals surface area (Å²) in [7, 11) is 0. The SMILES string of the molecule is CCC(=O)C1CC1C(=O)NCC(C)C. The van der Waals surface area contributed by atoms with Crippen LogP contribution < -0.4 is 5.32 Å². The van der Waals surface area contributed by atoms with Crippen molar-refractivity contribution in [1.29, 1.82) is 0 Å². The summed E-state index contributed by atoms with van der Waals surface area (Å²) in [5, 5.41) is 2.86. The summed E-state index contributed by atoms with van der Waals surface area (Å²) < 4.78 is 0. The van der Waals surface area contributed by atoms with Crippen molar-refractivity contribution in [1.82, 2.24) is 5.32 Å². The van der Waals surface area contributed by atoms with Gasteiger partial charge in [-0.15, -0.1) is 0 Å². The van der Waals surface area contributed by atoms with Crippen LogP contribution in [0.3, 0.4) is 0 Å². The Kier molecular flexibility index (Phi) is 3.67. The Morgan fingerprint density at radius 2 is 2.00 bits per heavy atom. The number of hydrogen-bond acceptors (Lipinski definition) is 2. The van der Waals surface area contributed by atoms with Gasteiger partial charge in [0.05, 0.1) is 0 Å². The number of rotatable bonds is 5. The molecule has 1 rings (SSSR count). The lowest BCUT2D eigenvalue weighted by Gasteiger charge is -2.06. The predicted molar refractivity (Wildman–Crippen MR) is 54.7 cm³/mol. The van der Waals surface area contributed by atoms with Crippen LogP contribution in [-0.2, 0) is 9.59 Å². The molecule has 0 heterocycles. The zero-order valence-electron chi connectivity index (χ0n) is 9.17. The van der Waals surface area contributed by atoms with Gasteiger partial charge in [0.2, 0.25) is 5.91 Å². The van der Waals surface area contributed by atoms with Crippen molar-refractivity contribution < 1.29 is 9.59 Å². The quantitative estimate of drug-likeness (QED) is 0.723. The van der Waals surface area contributed by atoms with E-state index < -0.39 is 0 Å². The van der Waals surface area contributed by atoms with Gasteiger partial charge in [-0.1, -0.05) is 20.8 Å². The number of hydrogen-bond donors (Lipinski definition) is 1. The average molecular weight is 197 g/mol. The van der Waals surface area contributed by atoms with E-state index in [1.54, 1.807) is 0 Å². The average Bonchev–Trinajstić information content (AvgIpc) is 2.92. The molecule has 0 aromatic carbocycles. The van der Waals surface area contributed by atoms with Gasteiger partial charge in [0.1, 0.15) is 5.78 Å². The van der Waals surface area contributed by atoms with Gasteiger partial charge < -0.3 is 5.32 Å². The minimum atomic E-state index is -0.0267. The monoisotopic (exact) mass is 197 g/mol. The van der Waals surface area contributed by atoms with E-state index in [1.165, 1.54) is 0 Å². The second-order valence-electron chi connectivity index (χ2n) is 4.41. The lowest BCUT2D eigenvalue weighted by Crippen LogP contribution is -2.29. The summed E-state index contributed by atoms with van der Waals surface area (Å²) in [6.07, 6.45) is 1.31. The molecule has 0 aromatic rings. The lowest BCUT2D eigenvalue weighted by atomic mass is 10.1. The third-order valence-corrected chi connectivity index (χ3v) is 2.57. The largest absolute Gasteiger partial charge is 0.356 e. The molecule has 0 aromatic heterocycles. The highest BCUT2D eigenvalue weighted by atomic mass is 16.2. The Hall–Kier alpha value is -0.860. The van der Waals surface area contributed by atoms with Crippen molar-refractivity contribution in [3.05, 3.63) is 0 Å². The van der Waals surface area contributed by atoms with Gasteiger partial charge >= 0.3 is 0 Å². The van der Waals surface area contributed by atoms with Crippen molar-refractivity contribution in [2.75, 3.05) is 6.54 Å². The summed E-state index contributed by atoms with van der Waals surface area (Å²) >= 11 is 0. The maximum absolute atomic E-state index is 11.5. The van der Waals surface area contributed by atoms with E-state index in [0.717, 1.165) is 6.42 Å². The van der Waals surface area contributed by atoms with Crippen molar-refractivity contribution in [3.63, 3.8) is 0 Å². The summed E-state index contributed by atoms with van der Waals surface area (Å²) in [6, 6.07) is 0. The molecule has 1 saturated carbocycles. The first kappa shape index (κ1) is 11.2. The Morgan fingerprint density at radius 3 is 2.50 bits per heavy atom. The second kappa shape index (κ2) is 4.58. The second-order valence-corrected chi connectivity index (χ2v) is 4.41. The molecule has 1 fully saturated rings. The molecular weight excluding hydrogens is 178 g/mol. The molecule has 1 amide bonds. The van der Waals surface area contributed by atoms with E-state index in [9.17, 15) is 9.59 Å². The maximum Gasteiger partial charge on any atom is 0.223 e. The Labute approximate surface area is 85.3 Å². The molecule has 1 aliphatic rings. The Morgan fingerprint density at radius 1 is 1.36 bits per heavy atom. The van der Waals surface area contributed by atoms with Gasteiger partial charge in [0.15, 0.2) is 0 Å². The summed E-state index contributed by atoms with van der Waals surface area (Å²) in [5.41, 5.74) is 0. The van der Waals surface area contributed by atoms with Crippen LogP contribution in [0, 0.1) is 17.8 Å². The lowest BCUT2D eigenvalue weighted by molar-refractivity contribution is -0.126. The van der Waals surface area contributed by atoms with Crippen LogP contribution in [0.15, 0.2) is 0 Å². The molecule has 0 aliphatic heterocycles. The fraction of sp³-hybridized carbons (Fsp3) is 0.818. The van der Waals surface area contributed by atoms with Crippen LogP contribution >= 0.6 is 0 Å². The number of carbonyl (C=O) groups excluding carboxylic acids is 2. The maximum atomic E-state index is 11.5. The first-order valence-corrected chi connectivity index (χ1v) is 5.36. The van der Waals surface area contributed by atoms with E-state index in [-0.39, 0.29) is 23.5 Å². The molecule has 0 saturated heterocycles. The van der Waals surface area contributed by atoms with Crippen LogP contribution in [-0.4, -0.2) is 18.2 Å². The first-order chi connectivity index (χ1) is 6.56. The standard InChI is InChI=1S/C11H19NO2/c1-4-10(13)8-5-9(8)11(14)12-6-7(2)3/h7-9H,4-6H2,1-3H3,(H,12,14). The highest BCUT2D eigenvalue weighted by molar-refractivity contribution is 5.93. The zero-order chi connectivity index (χ0) is 10.7. The normalized spacial score (nSPS) is 24.9. The minimum absolute atomic E-state index is 0.0205. The molecule has 14 heavy (non-hydrogen) atoms. The molecule has 3 nitrogen and oxygen atoms in total. The van der Waals surface area contributed by atoms with Crippen molar-refractivity contribution in [2.24, 2.45) is 17.8 Å². The predicted octanol–water partition coefficient (Wildman–Crippen LogP) is 1.37. The molecule has 0 bridgehead atoms. The van der Waals surface area contributed by atoms with Crippen molar-refractivity contribution >= 4 is 11.7 Å². The van der Waals surface area contributed by atoms with Gasteiger partial charge in [-0.2, -0.15) is 0 Å². The summed E-state index contributed by atoms with van der Waals surface area (Å²) in [6.45, 7) is 6.68. The molecule has 1 N–H and O–H groups in total. The van der Waals surface area contributed by atoms with Gasteiger partial charge in [0, 0.05) is 24.8 Å². The molecule has 2 atom stereocenters. The molecule has 2 unspecified atom stereocenters. The fourth-order valence-electron chi connectivity index (χ4n) is 1.54. The van der Waals surface area contributed by atoms with Gasteiger partial charge in [0.25, 0.3) is 0 Å². The van der Waals surface area contributed by atoms with E-state index in [2.05, 4.69) is 19.2 Å². The topological polar surface area (TPSA) is 46.2 Å². The number of carbonyl (C=O) groups is 2. The van der Waals surface area contributed by atoms with Crippen LogP contribution in [0.25, 0.3) is 0 Å². The highest BCUT2D eigenvalue weighted by Gasteiger charge is 2.46. The van der Waals surface area contributed by atoms with Crippen LogP contribution in [0.5, 0.6) is 0 Å². The van der Waals surface area contributed by atoms with E-state index >= 15 is 0 Å². The summed E-state index contributed by atoms with van der Waals surface area (Å²) in [5.74, 6) is 0.756. The molecule has 80 valence electrons. The summed E-state index contributed by atoms with van der Waals surface area (Å²) in [4.78, 5) is 22.7. The number of Topliss-reactive ketones (excluding diaryl/α,β-unsaturated/α-hetero) is 1. The van der Waals surface area contributed by atoms with Gasteiger partial charge in [-0.05, 0) is 12.3 Å². The first-order valence-electron chi connectivity index (χ1n) is 5.36. The third-order valence-electron chi connectivity index (χ3n) is 2.57. The smallest absolute Gasteiger partial charge is 0.223 e. The van der Waals surface area contributed by atoms with Gasteiger partial charge in [-0.25, -0.2) is 0 Å². The zero-order valence-corrected chi connectivity index (χ0v) is 9.17. The highest BCUT2D eigenvalue weighted by Crippen LogP contribution is 2.39. The van der Waals surface area contributed by atoms with E-state index in [0.29, 0.717) is 18.9 Å². The van der Waals surface area contributed by atoms with E-state index in [4.69, 9.17) is 0 Å². The Bertz CT molecular complexity index is 235. The van der Waals surface area contributed by atoms with Crippen molar-refractivity contribution in [2.45, 2.75) is 33.6 Å². The minimum Gasteiger partial charge on any atom is -0.356 e. The molecular formula is C11H19NO2. The molecule has 3 heteroatoms. The third kappa shape index (κ3) is 2.82. The number of nitrogens with one attached hydrogen (secondary N) is 1. The molecule has 1 aliphatic carbocycles. The van der Waals surface area contributed by atoms with Crippen LogP contribution in [0.4, 0.5) is 0 Å². The van der Waals surface area contributed by atoms with Crippen LogP contribution in [0.2, 0.25) is 0 Å². The van der Waals surface area contributed by atoms with Gasteiger partial charge in [-0.3, -0.25) is 9.59 Å². The molecule has 0 radical (unpaired) electrons. The number of amides is 1. The van der Waals surface area contributed by atoms with Crippen molar-refractivity contribution in [3.8, 4) is 0 Å². The van der Waals surface area contributed by atoms with E-state index in [1.807, 2.05) is 6.92 Å². The Balaban J connectivity index is 2.25. The molecule has 0 spiro atoms. The van der Waals surface area contributed by atoms with Crippen LogP contribution in [0.1, 0.15) is 33.6 Å².